The predicted molar refractivity (Wildman–Crippen MR) is 184 cm³/mol. The summed E-state index contributed by atoms with van der Waals surface area (Å²) in [6, 6.07) is 11.1. The van der Waals surface area contributed by atoms with E-state index in [9.17, 15) is 10.4 Å². The maximum Gasteiger partial charge on any atom is 0.192 e. The lowest BCUT2D eigenvalue weighted by Crippen LogP contribution is -2.44. The molecular weight excluding hydrogens is 665 g/mol. The van der Waals surface area contributed by atoms with Gasteiger partial charge in [0.2, 0.25) is 0 Å². The fourth-order valence-corrected chi connectivity index (χ4v) is 9.33. The van der Waals surface area contributed by atoms with Crippen molar-refractivity contribution in [3.05, 3.63) is 69.5 Å². The molecule has 0 spiro atoms. The summed E-state index contributed by atoms with van der Waals surface area (Å²) in [6.07, 6.45) is 10.4. The highest BCUT2D eigenvalue weighted by Gasteiger charge is 2.56. The lowest BCUT2D eigenvalue weighted by Gasteiger charge is -2.41. The minimum atomic E-state index is -2.16. The standard InChI is InChI=1S/C36H52INO4Si/c1-9-25-13-17-29-31-18-23(2)10-16-30(31)34(39)33(29)32(25)35(41-22-40-6)26(21-38)20-28(42-43(7,8)36(3,4)5)19-24-11-14-27(37)15-12-24/h9,11-15,17,23,25,28-34,39H,1,10,16,18-20,22H2,2-8H3/b35-26+/t23-,25+,28+,29+,30-,31+,32+,33+,34+/m1/s1. The number of hydrogen-bond donors (Lipinski definition) is 1. The summed E-state index contributed by atoms with van der Waals surface area (Å²) >= 11 is 2.33. The van der Waals surface area contributed by atoms with Crippen LogP contribution in [0, 0.1) is 56.3 Å². The van der Waals surface area contributed by atoms with E-state index in [4.69, 9.17) is 13.9 Å². The van der Waals surface area contributed by atoms with Gasteiger partial charge in [-0.15, -0.1) is 6.58 Å². The molecule has 0 aliphatic heterocycles. The SMILES string of the molecule is C=C[C@H]1C=C[C@H]2[C@@H]3C[C@H](C)CC[C@H]3[C@H](O)[C@@H]2[C@H]1/C(OCOC)=C(\C#N)C[C@H](Cc1ccc(I)cc1)O[Si](C)(C)C(C)(C)C. The Hall–Kier alpha value is -1.44. The molecule has 2 fully saturated rings. The molecule has 5 nitrogen and oxygen atoms in total. The van der Waals surface area contributed by atoms with Gasteiger partial charge in [-0.3, -0.25) is 0 Å². The number of aliphatic hydroxyl groups is 1. The van der Waals surface area contributed by atoms with Crippen LogP contribution in [0.3, 0.4) is 0 Å². The molecule has 0 saturated heterocycles. The molecular formula is C36H52INO4Si. The molecule has 0 unspecified atom stereocenters. The average molecular weight is 718 g/mol. The average Bonchev–Trinajstić information content (AvgIpc) is 3.23. The van der Waals surface area contributed by atoms with E-state index in [1.54, 1.807) is 7.11 Å². The van der Waals surface area contributed by atoms with Crippen LogP contribution < -0.4 is 0 Å². The molecule has 236 valence electrons. The first-order valence-corrected chi connectivity index (χ1v) is 20.0. The van der Waals surface area contributed by atoms with Crippen molar-refractivity contribution < 1.29 is 19.0 Å². The van der Waals surface area contributed by atoms with E-state index in [2.05, 4.69) is 112 Å². The van der Waals surface area contributed by atoms with Gasteiger partial charge in [0.25, 0.3) is 0 Å². The van der Waals surface area contributed by atoms with Crippen molar-refractivity contribution in [3.63, 3.8) is 0 Å². The molecule has 9 atom stereocenters. The van der Waals surface area contributed by atoms with E-state index < -0.39 is 14.4 Å². The third-order valence-corrected chi connectivity index (χ3v) is 16.0. The van der Waals surface area contributed by atoms with Crippen LogP contribution in [0.25, 0.3) is 0 Å². The van der Waals surface area contributed by atoms with E-state index in [0.717, 1.165) is 19.3 Å². The summed E-state index contributed by atoms with van der Waals surface area (Å²) in [5, 5.41) is 22.7. The van der Waals surface area contributed by atoms with Gasteiger partial charge >= 0.3 is 0 Å². The van der Waals surface area contributed by atoms with E-state index >= 15 is 0 Å². The van der Waals surface area contributed by atoms with Crippen molar-refractivity contribution in [3.8, 4) is 6.07 Å². The van der Waals surface area contributed by atoms with Gasteiger partial charge < -0.3 is 19.0 Å². The maximum absolute atomic E-state index is 11.9. The van der Waals surface area contributed by atoms with E-state index in [1.807, 2.05) is 6.08 Å². The van der Waals surface area contributed by atoms with Gasteiger partial charge in [0.05, 0.1) is 23.9 Å². The molecule has 7 heteroatoms. The molecule has 43 heavy (non-hydrogen) atoms. The molecule has 1 aromatic rings. The number of aliphatic hydroxyl groups excluding tert-OH is 1. The Labute approximate surface area is 275 Å². The van der Waals surface area contributed by atoms with Gasteiger partial charge in [0, 0.05) is 34.9 Å². The van der Waals surface area contributed by atoms with E-state index in [-0.39, 0.29) is 47.5 Å². The summed E-state index contributed by atoms with van der Waals surface area (Å²) < 4.78 is 20.1. The largest absolute Gasteiger partial charge is 0.471 e. The Kier molecular flexibility index (Phi) is 11.5. The Balaban J connectivity index is 1.77. The van der Waals surface area contributed by atoms with Crippen molar-refractivity contribution in [1.82, 2.24) is 0 Å². The highest BCUT2D eigenvalue weighted by atomic mass is 127. The van der Waals surface area contributed by atoms with Crippen LogP contribution in [-0.2, 0) is 20.3 Å². The first kappa shape index (κ1) is 34.4. The molecule has 1 N–H and O–H groups in total. The predicted octanol–water partition coefficient (Wildman–Crippen LogP) is 8.66. The third kappa shape index (κ3) is 7.69. The zero-order valence-electron chi connectivity index (χ0n) is 27.2. The number of nitriles is 1. The number of rotatable bonds is 11. The van der Waals surface area contributed by atoms with Crippen molar-refractivity contribution in [1.29, 1.82) is 5.26 Å². The number of nitrogens with zero attached hydrogens (tertiary/aromatic N) is 1. The Morgan fingerprint density at radius 1 is 1.19 bits per heavy atom. The zero-order chi connectivity index (χ0) is 31.5. The maximum atomic E-state index is 11.9. The first-order valence-electron chi connectivity index (χ1n) is 16.0. The molecule has 0 radical (unpaired) electrons. The van der Waals surface area contributed by atoms with Crippen LogP contribution in [0.4, 0.5) is 0 Å². The van der Waals surface area contributed by atoms with Crippen LogP contribution in [-0.4, -0.2) is 39.5 Å². The molecule has 0 aromatic heterocycles. The molecule has 2 saturated carbocycles. The van der Waals surface area contributed by atoms with Crippen molar-refractivity contribution >= 4 is 30.9 Å². The number of methoxy groups -OCH3 is 1. The van der Waals surface area contributed by atoms with Crippen LogP contribution >= 0.6 is 22.6 Å². The highest BCUT2D eigenvalue weighted by molar-refractivity contribution is 14.1. The van der Waals surface area contributed by atoms with Crippen LogP contribution in [0.1, 0.15) is 58.9 Å². The Bertz CT molecular complexity index is 1210. The number of allylic oxidation sites excluding steroid dienone is 4. The van der Waals surface area contributed by atoms with Crippen molar-refractivity contribution in [2.24, 2.45) is 41.4 Å². The molecule has 1 aromatic carbocycles. The van der Waals surface area contributed by atoms with Crippen LogP contribution in [0.5, 0.6) is 0 Å². The monoisotopic (exact) mass is 717 g/mol. The second kappa shape index (κ2) is 14.3. The normalized spacial score (nSPS) is 31.8. The highest BCUT2D eigenvalue weighted by Crippen LogP contribution is 2.58. The van der Waals surface area contributed by atoms with Gasteiger partial charge in [0.1, 0.15) is 5.76 Å². The molecule has 0 bridgehead atoms. The van der Waals surface area contributed by atoms with E-state index in [1.165, 1.54) is 9.13 Å². The van der Waals surface area contributed by atoms with Crippen LogP contribution in [0.15, 0.2) is 60.4 Å². The second-order valence-electron chi connectivity index (χ2n) is 14.7. The number of halogens is 1. The number of ether oxygens (including phenoxy) is 2. The van der Waals surface area contributed by atoms with Crippen molar-refractivity contribution in [2.45, 2.75) is 90.1 Å². The number of hydrogen-bond acceptors (Lipinski definition) is 5. The van der Waals surface area contributed by atoms with Gasteiger partial charge in [-0.2, -0.15) is 5.26 Å². The van der Waals surface area contributed by atoms with E-state index in [0.29, 0.717) is 36.0 Å². The fraction of sp³-hybridized carbons (Fsp3) is 0.639. The van der Waals surface area contributed by atoms with Crippen LogP contribution in [0.2, 0.25) is 18.1 Å². The molecule has 0 amide bonds. The summed E-state index contributed by atoms with van der Waals surface area (Å²) in [4.78, 5) is 0. The quantitative estimate of drug-likeness (QED) is 0.0620. The zero-order valence-corrected chi connectivity index (χ0v) is 30.3. The Morgan fingerprint density at radius 3 is 2.49 bits per heavy atom. The van der Waals surface area contributed by atoms with Gasteiger partial charge in [-0.1, -0.05) is 64.5 Å². The minimum absolute atomic E-state index is 0.0277. The third-order valence-electron chi connectivity index (χ3n) is 10.8. The minimum Gasteiger partial charge on any atom is -0.471 e. The molecule has 4 rings (SSSR count). The summed E-state index contributed by atoms with van der Waals surface area (Å²) in [7, 11) is -0.549. The second-order valence-corrected chi connectivity index (χ2v) is 20.7. The fourth-order valence-electron chi connectivity index (χ4n) is 7.61. The van der Waals surface area contributed by atoms with Gasteiger partial charge in [0.15, 0.2) is 15.1 Å². The van der Waals surface area contributed by atoms with Crippen molar-refractivity contribution in [2.75, 3.05) is 13.9 Å². The first-order chi connectivity index (χ1) is 20.3. The Morgan fingerprint density at radius 2 is 1.88 bits per heavy atom. The molecule has 3 aliphatic carbocycles. The lowest BCUT2D eigenvalue weighted by atomic mass is 9.67. The number of benzene rings is 1. The molecule has 0 heterocycles. The lowest BCUT2D eigenvalue weighted by molar-refractivity contribution is -0.0290. The van der Waals surface area contributed by atoms with Gasteiger partial charge in [-0.25, -0.2) is 0 Å². The summed E-state index contributed by atoms with van der Waals surface area (Å²) in [6.45, 7) is 17.9. The summed E-state index contributed by atoms with van der Waals surface area (Å²) in [5.41, 5.74) is 1.78. The molecule has 3 aliphatic rings. The number of fused-ring (bicyclic) bond motifs is 3. The summed E-state index contributed by atoms with van der Waals surface area (Å²) in [5.74, 6) is 2.06. The topological polar surface area (TPSA) is 71.7 Å². The van der Waals surface area contributed by atoms with Gasteiger partial charge in [-0.05, 0) is 101 Å². The smallest absolute Gasteiger partial charge is 0.192 e.